The molecule has 0 aromatic carbocycles. The van der Waals surface area contributed by atoms with Crippen molar-refractivity contribution in [3.63, 3.8) is 0 Å². The number of hydrogen-bond acceptors (Lipinski definition) is 2. The summed E-state index contributed by atoms with van der Waals surface area (Å²) in [4.78, 5) is 2.44. The Bertz CT molecular complexity index is 155. The fourth-order valence-corrected chi connectivity index (χ4v) is 1.84. The van der Waals surface area contributed by atoms with Gasteiger partial charge in [0.05, 0.1) is 0 Å². The van der Waals surface area contributed by atoms with Gasteiger partial charge in [-0.25, -0.2) is 0 Å². The average molecular weight is 242 g/mol. The van der Waals surface area contributed by atoms with Gasteiger partial charge >= 0.3 is 0 Å². The van der Waals surface area contributed by atoms with Crippen LogP contribution in [0.4, 0.5) is 0 Å². The van der Waals surface area contributed by atoms with Crippen molar-refractivity contribution in [2.45, 2.75) is 78.3 Å². The molecule has 0 saturated carbocycles. The summed E-state index contributed by atoms with van der Waals surface area (Å²) in [6.07, 6.45) is 8.30. The lowest BCUT2D eigenvalue weighted by Crippen LogP contribution is -2.27. The number of nitrogens with zero attached hydrogens (tertiary/aromatic N) is 1. The molecule has 0 aliphatic heterocycles. The minimum atomic E-state index is 0.640. The van der Waals surface area contributed by atoms with Crippen molar-refractivity contribution in [1.82, 2.24) is 10.2 Å². The highest BCUT2D eigenvalue weighted by atomic mass is 15.1. The Balaban J connectivity index is 3.09. The Kier molecular flexibility index (Phi) is 11.0. The normalized spacial score (nSPS) is 12.0. The molecule has 2 heteroatoms. The van der Waals surface area contributed by atoms with E-state index in [2.05, 4.69) is 45.0 Å². The molecule has 0 aromatic heterocycles. The molecule has 2 nitrogen and oxygen atoms in total. The quantitative estimate of drug-likeness (QED) is 0.556. The lowest BCUT2D eigenvalue weighted by Gasteiger charge is -2.20. The number of rotatable bonds is 11. The van der Waals surface area contributed by atoms with Gasteiger partial charge in [0.2, 0.25) is 0 Å². The zero-order chi connectivity index (χ0) is 13.1. The molecule has 0 rings (SSSR count). The van der Waals surface area contributed by atoms with E-state index in [1.54, 1.807) is 0 Å². The zero-order valence-corrected chi connectivity index (χ0v) is 12.8. The van der Waals surface area contributed by atoms with Crippen LogP contribution in [0, 0.1) is 0 Å². The van der Waals surface area contributed by atoms with E-state index in [1.807, 2.05) is 0 Å². The average Bonchev–Trinajstić information content (AvgIpc) is 2.25. The summed E-state index contributed by atoms with van der Waals surface area (Å²) in [5, 5.41) is 3.47. The Labute approximate surface area is 109 Å². The Morgan fingerprint density at radius 3 is 1.88 bits per heavy atom. The van der Waals surface area contributed by atoms with Gasteiger partial charge in [-0.3, -0.25) is 0 Å². The van der Waals surface area contributed by atoms with Crippen LogP contribution in [-0.4, -0.2) is 37.1 Å². The van der Waals surface area contributed by atoms with Gasteiger partial charge in [-0.1, -0.05) is 39.5 Å². The minimum absolute atomic E-state index is 0.640. The van der Waals surface area contributed by atoms with Gasteiger partial charge in [0.15, 0.2) is 0 Å². The molecule has 0 fully saturated rings. The predicted octanol–water partition coefficient (Wildman–Crippen LogP) is 3.67. The number of unbranched alkanes of at least 4 members (excludes halogenated alkanes) is 5. The summed E-state index contributed by atoms with van der Waals surface area (Å²) in [5.74, 6) is 0. The van der Waals surface area contributed by atoms with E-state index in [9.17, 15) is 0 Å². The molecule has 0 radical (unpaired) electrons. The van der Waals surface area contributed by atoms with Crippen molar-refractivity contribution in [2.75, 3.05) is 20.1 Å². The van der Waals surface area contributed by atoms with Gasteiger partial charge in [0, 0.05) is 12.1 Å². The van der Waals surface area contributed by atoms with Crippen molar-refractivity contribution in [2.24, 2.45) is 0 Å². The third-order valence-electron chi connectivity index (χ3n) is 3.37. The Morgan fingerprint density at radius 1 is 0.824 bits per heavy atom. The largest absolute Gasteiger partial charge is 0.315 e. The van der Waals surface area contributed by atoms with Gasteiger partial charge < -0.3 is 10.2 Å². The third-order valence-corrected chi connectivity index (χ3v) is 3.37. The van der Waals surface area contributed by atoms with Crippen LogP contribution in [0.25, 0.3) is 0 Å². The summed E-state index contributed by atoms with van der Waals surface area (Å²) in [7, 11) is 2.22. The van der Waals surface area contributed by atoms with E-state index in [1.165, 1.54) is 51.6 Å². The summed E-state index contributed by atoms with van der Waals surface area (Å²) in [6.45, 7) is 11.4. The molecule has 0 heterocycles. The smallest absolute Gasteiger partial charge is 0.00355 e. The molecule has 0 aliphatic carbocycles. The van der Waals surface area contributed by atoms with E-state index in [0.717, 1.165) is 0 Å². The molecule has 1 N–H and O–H groups in total. The van der Waals surface area contributed by atoms with Crippen LogP contribution >= 0.6 is 0 Å². The van der Waals surface area contributed by atoms with Crippen LogP contribution in [0.5, 0.6) is 0 Å². The fourth-order valence-electron chi connectivity index (χ4n) is 1.84. The first-order valence-corrected chi connectivity index (χ1v) is 7.47. The van der Waals surface area contributed by atoms with E-state index >= 15 is 0 Å². The maximum atomic E-state index is 3.47. The van der Waals surface area contributed by atoms with Crippen LogP contribution in [0.15, 0.2) is 0 Å². The first-order valence-electron chi connectivity index (χ1n) is 7.47. The molecule has 104 valence electrons. The summed E-state index contributed by atoms with van der Waals surface area (Å²) in [5.41, 5.74) is 0. The highest BCUT2D eigenvalue weighted by molar-refractivity contribution is 4.57. The molecule has 0 aliphatic rings. The van der Waals surface area contributed by atoms with Crippen LogP contribution in [0.2, 0.25) is 0 Å². The van der Waals surface area contributed by atoms with Crippen molar-refractivity contribution >= 4 is 0 Å². The Hall–Kier alpha value is -0.0800. The Morgan fingerprint density at radius 2 is 1.35 bits per heavy atom. The molecule has 17 heavy (non-hydrogen) atoms. The third kappa shape index (κ3) is 12.2. The molecule has 0 atom stereocenters. The highest BCUT2D eigenvalue weighted by Crippen LogP contribution is 2.06. The maximum absolute atomic E-state index is 3.47. The zero-order valence-electron chi connectivity index (χ0n) is 12.8. The molecule has 0 spiro atoms. The lowest BCUT2D eigenvalue weighted by molar-refractivity contribution is 0.267. The monoisotopic (exact) mass is 242 g/mol. The van der Waals surface area contributed by atoms with Gasteiger partial charge in [0.1, 0.15) is 0 Å². The minimum Gasteiger partial charge on any atom is -0.315 e. The number of nitrogens with one attached hydrogen (secondary N) is 1. The molecule has 0 amide bonds. The van der Waals surface area contributed by atoms with Crippen molar-refractivity contribution in [3.05, 3.63) is 0 Å². The SMILES string of the molecule is CC(C)NCCCCCCCCN(C)C(C)C. The van der Waals surface area contributed by atoms with Crippen molar-refractivity contribution in [1.29, 1.82) is 0 Å². The number of hydrogen-bond donors (Lipinski definition) is 1. The second-order valence-electron chi connectivity index (χ2n) is 5.80. The molecular weight excluding hydrogens is 208 g/mol. The van der Waals surface area contributed by atoms with Crippen molar-refractivity contribution < 1.29 is 0 Å². The van der Waals surface area contributed by atoms with E-state index < -0.39 is 0 Å². The predicted molar refractivity (Wildman–Crippen MR) is 78.6 cm³/mol. The van der Waals surface area contributed by atoms with Crippen molar-refractivity contribution in [3.8, 4) is 0 Å². The van der Waals surface area contributed by atoms with Crippen LogP contribution < -0.4 is 5.32 Å². The lowest BCUT2D eigenvalue weighted by atomic mass is 10.1. The van der Waals surface area contributed by atoms with E-state index in [-0.39, 0.29) is 0 Å². The highest BCUT2D eigenvalue weighted by Gasteiger charge is 2.01. The topological polar surface area (TPSA) is 15.3 Å². The molecular formula is C15H34N2. The second-order valence-corrected chi connectivity index (χ2v) is 5.80. The van der Waals surface area contributed by atoms with Crippen LogP contribution in [0.3, 0.4) is 0 Å². The van der Waals surface area contributed by atoms with Gasteiger partial charge in [-0.15, -0.1) is 0 Å². The molecule has 0 saturated heterocycles. The summed E-state index contributed by atoms with van der Waals surface area (Å²) in [6, 6.07) is 1.33. The molecule has 0 unspecified atom stereocenters. The summed E-state index contributed by atoms with van der Waals surface area (Å²) < 4.78 is 0. The van der Waals surface area contributed by atoms with E-state index in [4.69, 9.17) is 0 Å². The van der Waals surface area contributed by atoms with Gasteiger partial charge in [-0.2, -0.15) is 0 Å². The molecule has 0 aromatic rings. The van der Waals surface area contributed by atoms with Gasteiger partial charge in [-0.05, 0) is 46.8 Å². The van der Waals surface area contributed by atoms with E-state index in [0.29, 0.717) is 12.1 Å². The maximum Gasteiger partial charge on any atom is 0.00355 e. The van der Waals surface area contributed by atoms with Crippen LogP contribution in [-0.2, 0) is 0 Å². The van der Waals surface area contributed by atoms with Crippen LogP contribution in [0.1, 0.15) is 66.2 Å². The standard InChI is InChI=1S/C15H34N2/c1-14(2)16-12-10-8-6-7-9-11-13-17(5)15(3)4/h14-16H,6-13H2,1-5H3. The fraction of sp³-hybridized carbons (Fsp3) is 1.00. The second kappa shape index (κ2) is 11.0. The summed E-state index contributed by atoms with van der Waals surface area (Å²) >= 11 is 0. The van der Waals surface area contributed by atoms with Gasteiger partial charge in [0.25, 0.3) is 0 Å². The molecule has 0 bridgehead atoms. The first-order chi connectivity index (χ1) is 8.04. The first kappa shape index (κ1) is 16.9.